The van der Waals surface area contributed by atoms with E-state index in [0.29, 0.717) is 0 Å². The van der Waals surface area contributed by atoms with Gasteiger partial charge >= 0.3 is 0 Å². The fourth-order valence-electron chi connectivity index (χ4n) is 2.11. The van der Waals surface area contributed by atoms with Crippen LogP contribution < -0.4 is 0 Å². The molecule has 3 nitrogen and oxygen atoms in total. The number of hydrogen-bond acceptors (Lipinski definition) is 2. The van der Waals surface area contributed by atoms with Crippen LogP contribution in [0.5, 0.6) is 0 Å². The third-order valence-corrected chi connectivity index (χ3v) is 3.36. The van der Waals surface area contributed by atoms with E-state index >= 15 is 0 Å². The molecule has 1 rings (SSSR count). The number of nitrogens with zero attached hydrogens (tertiary/aromatic N) is 2. The van der Waals surface area contributed by atoms with Gasteiger partial charge in [-0.2, -0.15) is 0 Å². The SMILES string of the molecule is CN1CCCC(CCN(C)C(=O)CCl)C1. The Hall–Kier alpha value is -0.280. The molecule has 1 atom stereocenters. The summed E-state index contributed by atoms with van der Waals surface area (Å²) in [6.45, 7) is 3.22. The predicted octanol–water partition coefficient (Wildman–Crippen LogP) is 1.42. The first-order valence-corrected chi connectivity index (χ1v) is 6.15. The molecule has 0 bridgehead atoms. The number of rotatable bonds is 4. The second-order valence-electron chi connectivity index (χ2n) is 4.51. The van der Waals surface area contributed by atoms with Crippen LogP contribution in [0.3, 0.4) is 0 Å². The maximum atomic E-state index is 11.2. The van der Waals surface area contributed by atoms with E-state index in [2.05, 4.69) is 11.9 Å². The van der Waals surface area contributed by atoms with E-state index in [-0.39, 0.29) is 11.8 Å². The maximum Gasteiger partial charge on any atom is 0.237 e. The van der Waals surface area contributed by atoms with Gasteiger partial charge in [-0.3, -0.25) is 4.79 Å². The number of piperidine rings is 1. The van der Waals surface area contributed by atoms with E-state index in [0.717, 1.165) is 18.9 Å². The van der Waals surface area contributed by atoms with Gasteiger partial charge in [0.1, 0.15) is 5.88 Å². The summed E-state index contributed by atoms with van der Waals surface area (Å²) in [7, 11) is 4.00. The van der Waals surface area contributed by atoms with Crippen molar-refractivity contribution in [2.45, 2.75) is 19.3 Å². The van der Waals surface area contributed by atoms with Gasteiger partial charge in [-0.05, 0) is 38.8 Å². The normalized spacial score (nSPS) is 22.7. The van der Waals surface area contributed by atoms with E-state index in [1.54, 1.807) is 4.90 Å². The zero-order valence-electron chi connectivity index (χ0n) is 9.71. The third kappa shape index (κ3) is 4.39. The van der Waals surface area contributed by atoms with Crippen molar-refractivity contribution in [3.05, 3.63) is 0 Å². The minimum absolute atomic E-state index is 0.0285. The molecule has 0 saturated carbocycles. The fourth-order valence-corrected chi connectivity index (χ4v) is 2.32. The Bertz CT molecular complexity index is 211. The highest BCUT2D eigenvalue weighted by Crippen LogP contribution is 2.18. The van der Waals surface area contributed by atoms with Crippen molar-refractivity contribution < 1.29 is 4.79 Å². The number of hydrogen-bond donors (Lipinski definition) is 0. The van der Waals surface area contributed by atoms with Gasteiger partial charge in [0.15, 0.2) is 0 Å². The van der Waals surface area contributed by atoms with Crippen molar-refractivity contribution in [2.75, 3.05) is 39.6 Å². The van der Waals surface area contributed by atoms with Gasteiger partial charge in [0.25, 0.3) is 0 Å². The molecule has 1 aliphatic heterocycles. The summed E-state index contributed by atoms with van der Waals surface area (Å²) in [5, 5.41) is 0. The molecule has 0 radical (unpaired) electrons. The quantitative estimate of drug-likeness (QED) is 0.685. The zero-order chi connectivity index (χ0) is 11.3. The molecule has 0 aromatic heterocycles. The molecule has 1 unspecified atom stereocenters. The van der Waals surface area contributed by atoms with E-state index < -0.39 is 0 Å². The van der Waals surface area contributed by atoms with Crippen LogP contribution in [0.25, 0.3) is 0 Å². The Morgan fingerprint density at radius 3 is 2.93 bits per heavy atom. The lowest BCUT2D eigenvalue weighted by Crippen LogP contribution is -2.35. The summed E-state index contributed by atoms with van der Waals surface area (Å²) in [4.78, 5) is 15.3. The first-order chi connectivity index (χ1) is 7.13. The summed E-state index contributed by atoms with van der Waals surface area (Å²) in [6, 6.07) is 0. The molecular formula is C11H21ClN2O. The Kier molecular flexibility index (Phi) is 5.40. The smallest absolute Gasteiger partial charge is 0.237 e. The summed E-state index contributed by atoms with van der Waals surface area (Å²) < 4.78 is 0. The van der Waals surface area contributed by atoms with E-state index in [4.69, 9.17) is 11.6 Å². The molecule has 0 spiro atoms. The highest BCUT2D eigenvalue weighted by atomic mass is 35.5. The van der Waals surface area contributed by atoms with Crippen LogP contribution in [-0.4, -0.2) is 55.3 Å². The first kappa shape index (κ1) is 12.8. The van der Waals surface area contributed by atoms with Crippen LogP contribution in [0.15, 0.2) is 0 Å². The van der Waals surface area contributed by atoms with Gasteiger partial charge in [0.05, 0.1) is 0 Å². The van der Waals surface area contributed by atoms with Crippen molar-refractivity contribution in [1.29, 1.82) is 0 Å². The molecule has 1 aliphatic rings. The van der Waals surface area contributed by atoms with Crippen LogP contribution in [0.1, 0.15) is 19.3 Å². The Labute approximate surface area is 97.4 Å². The van der Waals surface area contributed by atoms with Crippen LogP contribution in [0.2, 0.25) is 0 Å². The largest absolute Gasteiger partial charge is 0.345 e. The Balaban J connectivity index is 2.21. The number of alkyl halides is 1. The molecule has 15 heavy (non-hydrogen) atoms. The number of carbonyl (C=O) groups excluding carboxylic acids is 1. The molecule has 4 heteroatoms. The van der Waals surface area contributed by atoms with Gasteiger partial charge in [-0.1, -0.05) is 0 Å². The number of carbonyl (C=O) groups is 1. The topological polar surface area (TPSA) is 23.6 Å². The van der Waals surface area contributed by atoms with Crippen molar-refractivity contribution in [2.24, 2.45) is 5.92 Å². The van der Waals surface area contributed by atoms with E-state index in [1.807, 2.05) is 7.05 Å². The molecule has 1 heterocycles. The average molecular weight is 233 g/mol. The molecule has 1 saturated heterocycles. The van der Waals surface area contributed by atoms with Crippen LogP contribution in [0, 0.1) is 5.92 Å². The Morgan fingerprint density at radius 1 is 1.60 bits per heavy atom. The first-order valence-electron chi connectivity index (χ1n) is 5.62. The van der Waals surface area contributed by atoms with Crippen molar-refractivity contribution in [3.8, 4) is 0 Å². The van der Waals surface area contributed by atoms with Gasteiger partial charge in [0, 0.05) is 20.1 Å². The van der Waals surface area contributed by atoms with Crippen LogP contribution in [0.4, 0.5) is 0 Å². The predicted molar refractivity (Wildman–Crippen MR) is 63.2 cm³/mol. The molecule has 0 aromatic carbocycles. The number of halogens is 1. The standard InChI is InChI=1S/C11H21ClN2O/c1-13-6-3-4-10(9-13)5-7-14(2)11(15)8-12/h10H,3-9H2,1-2H3. The second kappa shape index (κ2) is 6.33. The summed E-state index contributed by atoms with van der Waals surface area (Å²) in [5.74, 6) is 0.872. The van der Waals surface area contributed by atoms with Crippen molar-refractivity contribution in [3.63, 3.8) is 0 Å². The number of likely N-dealkylation sites (tertiary alicyclic amines) is 1. The fraction of sp³-hybridized carbons (Fsp3) is 0.909. The highest BCUT2D eigenvalue weighted by molar-refractivity contribution is 6.27. The number of amides is 1. The lowest BCUT2D eigenvalue weighted by Gasteiger charge is -2.30. The minimum Gasteiger partial charge on any atom is -0.345 e. The monoisotopic (exact) mass is 232 g/mol. The van der Waals surface area contributed by atoms with Gasteiger partial charge in [0.2, 0.25) is 5.91 Å². The average Bonchev–Trinajstić information content (AvgIpc) is 2.25. The third-order valence-electron chi connectivity index (χ3n) is 3.13. The van der Waals surface area contributed by atoms with Crippen molar-refractivity contribution in [1.82, 2.24) is 9.80 Å². The Morgan fingerprint density at radius 2 is 2.33 bits per heavy atom. The zero-order valence-corrected chi connectivity index (χ0v) is 10.5. The van der Waals surface area contributed by atoms with Crippen LogP contribution >= 0.6 is 11.6 Å². The molecule has 1 fully saturated rings. The summed E-state index contributed by atoms with van der Waals surface area (Å²) >= 11 is 5.49. The maximum absolute atomic E-state index is 11.2. The van der Waals surface area contributed by atoms with E-state index in [9.17, 15) is 4.79 Å². The van der Waals surface area contributed by atoms with E-state index in [1.165, 1.54) is 25.9 Å². The second-order valence-corrected chi connectivity index (χ2v) is 4.78. The minimum atomic E-state index is 0.0285. The molecule has 0 aromatic rings. The van der Waals surface area contributed by atoms with Gasteiger partial charge in [-0.15, -0.1) is 11.6 Å². The molecular weight excluding hydrogens is 212 g/mol. The van der Waals surface area contributed by atoms with Gasteiger partial charge in [-0.25, -0.2) is 0 Å². The molecule has 88 valence electrons. The highest BCUT2D eigenvalue weighted by Gasteiger charge is 2.18. The molecule has 1 amide bonds. The van der Waals surface area contributed by atoms with Gasteiger partial charge < -0.3 is 9.80 Å². The summed E-state index contributed by atoms with van der Waals surface area (Å²) in [6.07, 6.45) is 3.69. The molecule has 0 aliphatic carbocycles. The van der Waals surface area contributed by atoms with Crippen LogP contribution in [-0.2, 0) is 4.79 Å². The lowest BCUT2D eigenvalue weighted by molar-refractivity contribution is -0.127. The molecule has 0 N–H and O–H groups in total. The van der Waals surface area contributed by atoms with Crippen molar-refractivity contribution >= 4 is 17.5 Å². The lowest BCUT2D eigenvalue weighted by atomic mass is 9.95. The summed E-state index contributed by atoms with van der Waals surface area (Å²) in [5.41, 5.74) is 0.